The topological polar surface area (TPSA) is 76.0 Å². The first-order chi connectivity index (χ1) is 10.7. The molecule has 1 aromatic carbocycles. The van der Waals surface area contributed by atoms with Gasteiger partial charge in [0.2, 0.25) is 0 Å². The summed E-state index contributed by atoms with van der Waals surface area (Å²) in [6, 6.07) is 12.8. The maximum Gasteiger partial charge on any atom is 0.314 e. The molecule has 116 valence electrons. The smallest absolute Gasteiger partial charge is 0.314 e. The molecule has 22 heavy (non-hydrogen) atoms. The second kappa shape index (κ2) is 7.97. The number of urea groups is 1. The third-order valence-corrected chi connectivity index (χ3v) is 3.11. The van der Waals surface area contributed by atoms with Crippen LogP contribution in [0.4, 0.5) is 4.79 Å². The van der Waals surface area contributed by atoms with E-state index in [2.05, 4.69) is 15.7 Å². The summed E-state index contributed by atoms with van der Waals surface area (Å²) in [6.07, 6.45) is 0.641. The van der Waals surface area contributed by atoms with E-state index in [-0.39, 0.29) is 11.6 Å². The quantitative estimate of drug-likeness (QED) is 0.796. The molecule has 1 aromatic heterocycles. The highest BCUT2D eigenvalue weighted by Crippen LogP contribution is 2.13. The lowest BCUT2D eigenvalue weighted by molar-refractivity contribution is 0.241. The third kappa shape index (κ3) is 4.44. The van der Waals surface area contributed by atoms with E-state index >= 15 is 0 Å². The second-order valence-electron chi connectivity index (χ2n) is 4.79. The molecule has 0 unspecified atom stereocenters. The Bertz CT molecular complexity index is 667. The van der Waals surface area contributed by atoms with Gasteiger partial charge in [0.15, 0.2) is 0 Å². The van der Waals surface area contributed by atoms with Gasteiger partial charge < -0.3 is 10.6 Å². The Kier molecular flexibility index (Phi) is 5.71. The zero-order valence-electron chi connectivity index (χ0n) is 12.6. The van der Waals surface area contributed by atoms with Crippen molar-refractivity contribution in [2.75, 3.05) is 13.1 Å². The molecule has 6 heteroatoms. The lowest BCUT2D eigenvalue weighted by Crippen LogP contribution is -2.36. The number of aryl methyl sites for hydroxylation is 1. The number of hydrogen-bond acceptors (Lipinski definition) is 3. The zero-order chi connectivity index (χ0) is 15.8. The summed E-state index contributed by atoms with van der Waals surface area (Å²) in [5, 5.41) is 9.75. The molecule has 2 rings (SSSR count). The van der Waals surface area contributed by atoms with Crippen molar-refractivity contribution in [3.63, 3.8) is 0 Å². The molecule has 0 aliphatic heterocycles. The van der Waals surface area contributed by atoms with E-state index in [1.54, 1.807) is 6.07 Å². The van der Waals surface area contributed by atoms with Crippen LogP contribution >= 0.6 is 0 Å². The van der Waals surface area contributed by atoms with E-state index in [0.717, 1.165) is 11.3 Å². The van der Waals surface area contributed by atoms with Crippen LogP contribution < -0.4 is 16.2 Å². The van der Waals surface area contributed by atoms with Gasteiger partial charge in [-0.25, -0.2) is 9.48 Å². The van der Waals surface area contributed by atoms with Gasteiger partial charge in [-0.1, -0.05) is 30.3 Å². The maximum atomic E-state index is 11.8. The van der Waals surface area contributed by atoms with Crippen LogP contribution in [0.1, 0.15) is 13.3 Å². The molecule has 0 radical (unpaired) electrons. The summed E-state index contributed by atoms with van der Waals surface area (Å²) in [7, 11) is 0. The van der Waals surface area contributed by atoms with Gasteiger partial charge >= 0.3 is 6.03 Å². The molecule has 1 heterocycles. The Morgan fingerprint density at radius 2 is 1.91 bits per heavy atom. The summed E-state index contributed by atoms with van der Waals surface area (Å²) in [4.78, 5) is 23.1. The number of benzene rings is 1. The van der Waals surface area contributed by atoms with Crippen molar-refractivity contribution < 1.29 is 4.79 Å². The lowest BCUT2D eigenvalue weighted by atomic mass is 10.1. The van der Waals surface area contributed by atoms with E-state index in [4.69, 9.17) is 0 Å². The number of nitrogens with one attached hydrogen (secondary N) is 2. The Morgan fingerprint density at radius 3 is 2.64 bits per heavy atom. The normalized spacial score (nSPS) is 10.2. The summed E-state index contributed by atoms with van der Waals surface area (Å²) in [5.41, 5.74) is 1.59. The van der Waals surface area contributed by atoms with Crippen molar-refractivity contribution in [1.82, 2.24) is 20.4 Å². The van der Waals surface area contributed by atoms with Crippen LogP contribution in [0, 0.1) is 0 Å². The highest BCUT2D eigenvalue weighted by molar-refractivity contribution is 5.73. The Hall–Kier alpha value is -2.63. The van der Waals surface area contributed by atoms with Gasteiger partial charge in [-0.15, -0.1) is 0 Å². The van der Waals surface area contributed by atoms with Crippen LogP contribution in [0.2, 0.25) is 0 Å². The number of amides is 2. The summed E-state index contributed by atoms with van der Waals surface area (Å²) in [5.74, 6) is 0. The van der Waals surface area contributed by atoms with Crippen molar-refractivity contribution >= 4 is 6.03 Å². The fraction of sp³-hybridized carbons (Fsp3) is 0.312. The standard InChI is InChI=1S/C16H20N4O2/c1-2-17-16(22)18-11-6-12-20-15(21)10-9-14(19-20)13-7-4-3-5-8-13/h3-5,7-10H,2,6,11-12H2,1H3,(H2,17,18,22). The Labute approximate surface area is 129 Å². The molecule has 0 spiro atoms. The van der Waals surface area contributed by atoms with E-state index in [0.29, 0.717) is 26.1 Å². The minimum absolute atomic E-state index is 0.141. The summed E-state index contributed by atoms with van der Waals surface area (Å²) >= 11 is 0. The second-order valence-corrected chi connectivity index (χ2v) is 4.79. The van der Waals surface area contributed by atoms with Gasteiger partial charge in [0.05, 0.1) is 5.69 Å². The Balaban J connectivity index is 1.96. The van der Waals surface area contributed by atoms with E-state index < -0.39 is 0 Å². The highest BCUT2D eigenvalue weighted by Gasteiger charge is 2.03. The number of carbonyl (C=O) groups excluding carboxylic acids is 1. The van der Waals surface area contributed by atoms with E-state index in [1.165, 1.54) is 10.7 Å². The van der Waals surface area contributed by atoms with Crippen molar-refractivity contribution in [3.05, 3.63) is 52.8 Å². The predicted molar refractivity (Wildman–Crippen MR) is 85.6 cm³/mol. The summed E-state index contributed by atoms with van der Waals surface area (Å²) < 4.78 is 1.43. The van der Waals surface area contributed by atoms with Gasteiger partial charge in [-0.05, 0) is 19.4 Å². The van der Waals surface area contributed by atoms with Crippen molar-refractivity contribution in [2.24, 2.45) is 0 Å². The summed E-state index contributed by atoms with van der Waals surface area (Å²) in [6.45, 7) is 3.41. The molecule has 0 aliphatic carbocycles. The molecular weight excluding hydrogens is 280 g/mol. The van der Waals surface area contributed by atoms with Crippen LogP contribution in [0.5, 0.6) is 0 Å². The highest BCUT2D eigenvalue weighted by atomic mass is 16.2. The molecule has 2 aromatic rings. The molecule has 0 aliphatic rings. The van der Waals surface area contributed by atoms with E-state index in [9.17, 15) is 9.59 Å². The number of nitrogens with zero attached hydrogens (tertiary/aromatic N) is 2. The fourth-order valence-electron chi connectivity index (χ4n) is 2.03. The Morgan fingerprint density at radius 1 is 1.14 bits per heavy atom. The molecule has 0 saturated carbocycles. The van der Waals surface area contributed by atoms with Crippen LogP contribution in [-0.2, 0) is 6.54 Å². The predicted octanol–water partition coefficient (Wildman–Crippen LogP) is 1.62. The average Bonchev–Trinajstić information content (AvgIpc) is 2.54. The van der Waals surface area contributed by atoms with Gasteiger partial charge in [0.25, 0.3) is 5.56 Å². The molecule has 2 amide bonds. The van der Waals surface area contributed by atoms with Crippen molar-refractivity contribution in [3.8, 4) is 11.3 Å². The van der Waals surface area contributed by atoms with Crippen LogP contribution in [0.15, 0.2) is 47.3 Å². The minimum Gasteiger partial charge on any atom is -0.338 e. The van der Waals surface area contributed by atoms with Gasteiger partial charge in [-0.2, -0.15) is 5.10 Å². The monoisotopic (exact) mass is 300 g/mol. The van der Waals surface area contributed by atoms with Crippen LogP contribution in [-0.4, -0.2) is 28.9 Å². The molecule has 2 N–H and O–H groups in total. The van der Waals surface area contributed by atoms with Crippen LogP contribution in [0.3, 0.4) is 0 Å². The number of aromatic nitrogens is 2. The maximum absolute atomic E-state index is 11.8. The number of rotatable bonds is 6. The van der Waals surface area contributed by atoms with Crippen molar-refractivity contribution in [1.29, 1.82) is 0 Å². The van der Waals surface area contributed by atoms with Crippen molar-refractivity contribution in [2.45, 2.75) is 19.9 Å². The molecular formula is C16H20N4O2. The van der Waals surface area contributed by atoms with Gasteiger partial charge in [0, 0.05) is 31.3 Å². The first kappa shape index (κ1) is 15.8. The lowest BCUT2D eigenvalue weighted by Gasteiger charge is -2.08. The molecule has 0 atom stereocenters. The number of carbonyl (C=O) groups is 1. The molecule has 0 saturated heterocycles. The third-order valence-electron chi connectivity index (χ3n) is 3.11. The van der Waals surface area contributed by atoms with Gasteiger partial charge in [0.1, 0.15) is 0 Å². The van der Waals surface area contributed by atoms with Crippen LogP contribution in [0.25, 0.3) is 11.3 Å². The molecule has 6 nitrogen and oxygen atoms in total. The van der Waals surface area contributed by atoms with E-state index in [1.807, 2.05) is 37.3 Å². The molecule has 0 fully saturated rings. The SMILES string of the molecule is CCNC(=O)NCCCn1nc(-c2ccccc2)ccc1=O. The molecule has 0 bridgehead atoms. The number of hydrogen-bond donors (Lipinski definition) is 2. The average molecular weight is 300 g/mol. The van der Waals surface area contributed by atoms with Gasteiger partial charge in [-0.3, -0.25) is 4.79 Å². The minimum atomic E-state index is -0.194. The first-order valence-electron chi connectivity index (χ1n) is 7.36. The zero-order valence-corrected chi connectivity index (χ0v) is 12.6. The first-order valence-corrected chi connectivity index (χ1v) is 7.36. The fourth-order valence-corrected chi connectivity index (χ4v) is 2.03. The largest absolute Gasteiger partial charge is 0.338 e.